The first-order chi connectivity index (χ1) is 9.15. The molecule has 0 bridgehead atoms. The fourth-order valence-corrected chi connectivity index (χ4v) is 2.37. The zero-order chi connectivity index (χ0) is 13.8. The number of hydrogen-bond donors (Lipinski definition) is 2. The summed E-state index contributed by atoms with van der Waals surface area (Å²) in [5, 5.41) is 8.96. The van der Waals surface area contributed by atoms with Crippen molar-refractivity contribution in [3.05, 3.63) is 17.8 Å². The Hall–Kier alpha value is -1.82. The van der Waals surface area contributed by atoms with Gasteiger partial charge in [-0.1, -0.05) is 0 Å². The van der Waals surface area contributed by atoms with Gasteiger partial charge in [0, 0.05) is 19.7 Å². The second-order valence-electron chi connectivity index (χ2n) is 4.73. The molecule has 2 heterocycles. The van der Waals surface area contributed by atoms with E-state index in [0.717, 1.165) is 31.7 Å². The van der Waals surface area contributed by atoms with E-state index in [1.54, 1.807) is 6.07 Å². The summed E-state index contributed by atoms with van der Waals surface area (Å²) >= 11 is 0. The van der Waals surface area contributed by atoms with Crippen LogP contribution in [-0.2, 0) is 4.74 Å². The number of aliphatic hydroxyl groups excluding tert-OH is 1. The van der Waals surface area contributed by atoms with Crippen molar-refractivity contribution >= 4 is 17.5 Å². The molecule has 2 rings (SSSR count). The van der Waals surface area contributed by atoms with E-state index in [2.05, 4.69) is 9.88 Å². The highest BCUT2D eigenvalue weighted by Gasteiger charge is 2.24. The number of nitrogens with two attached hydrogens (primary N) is 1. The Kier molecular flexibility index (Phi) is 4.21. The molecule has 0 aliphatic carbocycles. The molecule has 19 heavy (non-hydrogen) atoms. The van der Waals surface area contributed by atoms with Gasteiger partial charge in [0.1, 0.15) is 5.82 Å². The van der Waals surface area contributed by atoms with Gasteiger partial charge in [0.05, 0.1) is 24.6 Å². The van der Waals surface area contributed by atoms with Gasteiger partial charge in [-0.05, 0) is 24.8 Å². The molecule has 0 spiro atoms. The summed E-state index contributed by atoms with van der Waals surface area (Å²) < 4.78 is 4.70. The molecule has 0 saturated carbocycles. The van der Waals surface area contributed by atoms with E-state index in [-0.39, 0.29) is 6.61 Å². The number of carbonyl (C=O) groups is 1. The van der Waals surface area contributed by atoms with Gasteiger partial charge >= 0.3 is 5.97 Å². The number of rotatable bonds is 4. The maximum absolute atomic E-state index is 11.6. The fraction of sp³-hybridized carbons (Fsp3) is 0.538. The number of carbonyl (C=O) groups excluding carboxylic acids is 1. The molecule has 1 aromatic heterocycles. The lowest BCUT2D eigenvalue weighted by Crippen LogP contribution is -2.22. The molecule has 3 N–H and O–H groups in total. The lowest BCUT2D eigenvalue weighted by atomic mass is 10.1. The summed E-state index contributed by atoms with van der Waals surface area (Å²) in [5.74, 6) is 0.758. The molecule has 0 aromatic carbocycles. The molecule has 1 aliphatic heterocycles. The van der Waals surface area contributed by atoms with E-state index in [9.17, 15) is 4.79 Å². The first-order valence-electron chi connectivity index (χ1n) is 6.35. The van der Waals surface area contributed by atoms with Crippen molar-refractivity contribution in [3.8, 4) is 0 Å². The Morgan fingerprint density at radius 1 is 1.68 bits per heavy atom. The van der Waals surface area contributed by atoms with Crippen LogP contribution < -0.4 is 10.6 Å². The molecule has 0 amide bonds. The minimum Gasteiger partial charge on any atom is -0.465 e. The van der Waals surface area contributed by atoms with Crippen molar-refractivity contribution in [2.24, 2.45) is 5.92 Å². The number of hydrogen-bond acceptors (Lipinski definition) is 6. The Morgan fingerprint density at radius 2 is 2.47 bits per heavy atom. The van der Waals surface area contributed by atoms with Crippen LogP contribution in [0.4, 0.5) is 11.5 Å². The third-order valence-electron chi connectivity index (χ3n) is 3.47. The number of anilines is 2. The van der Waals surface area contributed by atoms with Crippen LogP contribution >= 0.6 is 0 Å². The van der Waals surface area contributed by atoms with Crippen LogP contribution in [0.15, 0.2) is 12.3 Å². The first kappa shape index (κ1) is 13.6. The highest BCUT2D eigenvalue weighted by molar-refractivity contribution is 5.95. The molecule has 104 valence electrons. The van der Waals surface area contributed by atoms with Gasteiger partial charge in [-0.25, -0.2) is 9.78 Å². The van der Waals surface area contributed by atoms with Crippen LogP contribution in [0.1, 0.15) is 23.2 Å². The summed E-state index contributed by atoms with van der Waals surface area (Å²) in [4.78, 5) is 18.0. The molecule has 1 atom stereocenters. The van der Waals surface area contributed by atoms with E-state index in [0.29, 0.717) is 17.2 Å². The SMILES string of the molecule is COC(=O)c1cc(N2CCC(CCO)C2)ncc1N. The third kappa shape index (κ3) is 2.96. The van der Waals surface area contributed by atoms with Crippen molar-refractivity contribution in [2.45, 2.75) is 12.8 Å². The number of pyridine rings is 1. The molecular formula is C13H19N3O3. The predicted molar refractivity (Wildman–Crippen MR) is 72.0 cm³/mol. The highest BCUT2D eigenvalue weighted by atomic mass is 16.5. The van der Waals surface area contributed by atoms with Crippen LogP contribution in [0, 0.1) is 5.92 Å². The maximum Gasteiger partial charge on any atom is 0.340 e. The molecule has 1 fully saturated rings. The van der Waals surface area contributed by atoms with Crippen molar-refractivity contribution < 1.29 is 14.6 Å². The second-order valence-corrected chi connectivity index (χ2v) is 4.73. The van der Waals surface area contributed by atoms with Crippen molar-refractivity contribution in [3.63, 3.8) is 0 Å². The van der Waals surface area contributed by atoms with Gasteiger partial charge in [0.15, 0.2) is 0 Å². The third-order valence-corrected chi connectivity index (χ3v) is 3.47. The number of ether oxygens (including phenoxy) is 1. The number of nitrogens with zero attached hydrogens (tertiary/aromatic N) is 2. The molecule has 1 aliphatic rings. The molecule has 6 heteroatoms. The molecule has 1 unspecified atom stereocenters. The van der Waals surface area contributed by atoms with Gasteiger partial charge in [0.2, 0.25) is 0 Å². The molecular weight excluding hydrogens is 246 g/mol. The predicted octanol–water partition coefficient (Wildman–Crippen LogP) is 0.659. The Morgan fingerprint density at radius 3 is 3.16 bits per heavy atom. The van der Waals surface area contributed by atoms with Crippen molar-refractivity contribution in [1.82, 2.24) is 4.98 Å². The molecule has 0 radical (unpaired) electrons. The number of esters is 1. The van der Waals surface area contributed by atoms with E-state index >= 15 is 0 Å². The van der Waals surface area contributed by atoms with Gasteiger partial charge in [-0.15, -0.1) is 0 Å². The van der Waals surface area contributed by atoms with E-state index in [4.69, 9.17) is 15.6 Å². The lowest BCUT2D eigenvalue weighted by Gasteiger charge is -2.18. The fourth-order valence-electron chi connectivity index (χ4n) is 2.37. The summed E-state index contributed by atoms with van der Waals surface area (Å²) in [6, 6.07) is 1.67. The largest absolute Gasteiger partial charge is 0.465 e. The average Bonchev–Trinajstić information content (AvgIpc) is 2.87. The minimum absolute atomic E-state index is 0.209. The normalized spacial score (nSPS) is 18.6. The Balaban J connectivity index is 2.15. The van der Waals surface area contributed by atoms with E-state index in [1.165, 1.54) is 13.3 Å². The molecule has 6 nitrogen and oxygen atoms in total. The van der Waals surface area contributed by atoms with Crippen LogP contribution in [0.3, 0.4) is 0 Å². The number of aromatic nitrogens is 1. The topological polar surface area (TPSA) is 88.7 Å². The number of aliphatic hydroxyl groups is 1. The summed E-state index contributed by atoms with van der Waals surface area (Å²) in [6.45, 7) is 1.93. The van der Waals surface area contributed by atoms with Gasteiger partial charge in [0.25, 0.3) is 0 Å². The summed E-state index contributed by atoms with van der Waals surface area (Å²) in [6.07, 6.45) is 3.32. The zero-order valence-corrected chi connectivity index (χ0v) is 11.0. The van der Waals surface area contributed by atoms with E-state index in [1.807, 2.05) is 0 Å². The Bertz CT molecular complexity index is 464. The maximum atomic E-state index is 11.6. The quantitative estimate of drug-likeness (QED) is 0.777. The average molecular weight is 265 g/mol. The smallest absolute Gasteiger partial charge is 0.340 e. The molecule has 1 aromatic rings. The van der Waals surface area contributed by atoms with Crippen molar-refractivity contribution in [1.29, 1.82) is 0 Å². The van der Waals surface area contributed by atoms with Crippen LogP contribution in [-0.4, -0.2) is 42.9 Å². The summed E-state index contributed by atoms with van der Waals surface area (Å²) in [7, 11) is 1.33. The number of nitrogen functional groups attached to an aromatic ring is 1. The monoisotopic (exact) mass is 265 g/mol. The summed E-state index contributed by atoms with van der Waals surface area (Å²) in [5.41, 5.74) is 6.39. The minimum atomic E-state index is -0.452. The van der Waals surface area contributed by atoms with Crippen molar-refractivity contribution in [2.75, 3.05) is 37.4 Å². The number of methoxy groups -OCH3 is 1. The highest BCUT2D eigenvalue weighted by Crippen LogP contribution is 2.26. The molecule has 1 saturated heterocycles. The van der Waals surface area contributed by atoms with Gasteiger partial charge in [-0.2, -0.15) is 0 Å². The Labute approximate surface area is 112 Å². The first-order valence-corrected chi connectivity index (χ1v) is 6.35. The van der Waals surface area contributed by atoms with Crippen LogP contribution in [0.2, 0.25) is 0 Å². The van der Waals surface area contributed by atoms with Gasteiger partial charge < -0.3 is 20.5 Å². The van der Waals surface area contributed by atoms with Gasteiger partial charge in [-0.3, -0.25) is 0 Å². The van der Waals surface area contributed by atoms with Crippen LogP contribution in [0.25, 0.3) is 0 Å². The van der Waals surface area contributed by atoms with Crippen LogP contribution in [0.5, 0.6) is 0 Å². The lowest BCUT2D eigenvalue weighted by molar-refractivity contribution is 0.0602. The zero-order valence-electron chi connectivity index (χ0n) is 11.0. The van der Waals surface area contributed by atoms with E-state index < -0.39 is 5.97 Å². The standard InChI is InChI=1S/C13H19N3O3/c1-19-13(18)10-6-12(15-7-11(10)14)16-4-2-9(8-16)3-5-17/h6-7,9,17H,2-5,8,14H2,1H3. The second kappa shape index (κ2) is 5.88.